The molecule has 6 rings (SSSR count). The van der Waals surface area contributed by atoms with Gasteiger partial charge in [-0.15, -0.1) is 5.10 Å². The fourth-order valence-electron chi connectivity index (χ4n) is 6.11. The van der Waals surface area contributed by atoms with E-state index in [1.807, 2.05) is 38.7 Å². The molecule has 4 bridgehead atoms. The van der Waals surface area contributed by atoms with Crippen LogP contribution in [0.3, 0.4) is 0 Å². The monoisotopic (exact) mass is 557 g/mol. The minimum Gasteiger partial charge on any atom is -0.352 e. The fourth-order valence-corrected chi connectivity index (χ4v) is 6.11. The Balaban J connectivity index is 1.64. The van der Waals surface area contributed by atoms with Gasteiger partial charge in [0.1, 0.15) is 17.2 Å². The molecule has 0 aromatic carbocycles. The highest BCUT2D eigenvalue weighted by atomic mass is 19.1. The first-order valence-corrected chi connectivity index (χ1v) is 13.9. The SMILES string of the molecule is C=CC(=O)N1C(C)CN(c2nc(=O)n3c4nc(c(F)cc24)-c2cn(nn2)CCCc2ccnc(C(C)C)c2-3)CC1C. The number of hydrogen-bond acceptors (Lipinski definition) is 8. The summed E-state index contributed by atoms with van der Waals surface area (Å²) in [5.74, 6) is -0.415. The Bertz CT molecular complexity index is 1730. The van der Waals surface area contributed by atoms with E-state index in [1.54, 1.807) is 22.0 Å². The normalized spacial score (nSPS) is 18.8. The topological polar surface area (TPSA) is 115 Å². The van der Waals surface area contributed by atoms with Gasteiger partial charge in [-0.2, -0.15) is 4.98 Å². The van der Waals surface area contributed by atoms with Crippen molar-refractivity contribution in [2.24, 2.45) is 0 Å². The van der Waals surface area contributed by atoms with Gasteiger partial charge in [0.05, 0.1) is 23.0 Å². The van der Waals surface area contributed by atoms with Crippen molar-refractivity contribution >= 4 is 22.8 Å². The van der Waals surface area contributed by atoms with Crippen LogP contribution in [-0.2, 0) is 17.8 Å². The van der Waals surface area contributed by atoms with Crippen molar-refractivity contribution in [3.8, 4) is 17.1 Å². The number of amides is 1. The van der Waals surface area contributed by atoms with E-state index in [0.717, 1.165) is 17.7 Å². The Morgan fingerprint density at radius 1 is 1.20 bits per heavy atom. The van der Waals surface area contributed by atoms with Crippen LogP contribution in [0, 0.1) is 5.82 Å². The summed E-state index contributed by atoms with van der Waals surface area (Å²) < 4.78 is 19.0. The molecule has 12 heteroatoms. The van der Waals surface area contributed by atoms with Gasteiger partial charge >= 0.3 is 5.69 Å². The molecule has 0 N–H and O–H groups in total. The molecule has 4 aromatic rings. The predicted octanol–water partition coefficient (Wildman–Crippen LogP) is 3.25. The summed E-state index contributed by atoms with van der Waals surface area (Å²) >= 11 is 0. The predicted molar refractivity (Wildman–Crippen MR) is 152 cm³/mol. The Morgan fingerprint density at radius 2 is 1.95 bits per heavy atom. The third-order valence-electron chi connectivity index (χ3n) is 7.87. The zero-order valence-electron chi connectivity index (χ0n) is 23.6. The molecule has 1 amide bonds. The summed E-state index contributed by atoms with van der Waals surface area (Å²) in [5, 5.41) is 8.75. The number of anilines is 1. The van der Waals surface area contributed by atoms with Crippen LogP contribution < -0.4 is 10.6 Å². The van der Waals surface area contributed by atoms with Crippen LogP contribution in [0.5, 0.6) is 0 Å². The summed E-state index contributed by atoms with van der Waals surface area (Å²) in [6.45, 7) is 12.9. The second-order valence-corrected chi connectivity index (χ2v) is 11.1. The molecule has 0 spiro atoms. The second kappa shape index (κ2) is 10.2. The minimum absolute atomic E-state index is 0.00390. The van der Waals surface area contributed by atoms with Gasteiger partial charge < -0.3 is 9.80 Å². The van der Waals surface area contributed by atoms with Crippen molar-refractivity contribution in [1.82, 2.24) is 39.4 Å². The van der Waals surface area contributed by atoms with E-state index in [0.29, 0.717) is 42.9 Å². The van der Waals surface area contributed by atoms with Crippen LogP contribution in [0.4, 0.5) is 10.2 Å². The number of nitrogens with zero attached hydrogens (tertiary/aromatic N) is 9. The van der Waals surface area contributed by atoms with Gasteiger partial charge in [0, 0.05) is 37.9 Å². The van der Waals surface area contributed by atoms with E-state index in [1.165, 1.54) is 16.7 Å². The molecule has 0 saturated carbocycles. The molecule has 2 atom stereocenters. The van der Waals surface area contributed by atoms with E-state index in [9.17, 15) is 9.59 Å². The van der Waals surface area contributed by atoms with Crippen molar-refractivity contribution in [2.75, 3.05) is 18.0 Å². The summed E-state index contributed by atoms with van der Waals surface area (Å²) in [6, 6.07) is 2.91. The lowest BCUT2D eigenvalue weighted by Gasteiger charge is -2.44. The van der Waals surface area contributed by atoms with Gasteiger partial charge in [0.25, 0.3) is 0 Å². The quantitative estimate of drug-likeness (QED) is 0.353. The van der Waals surface area contributed by atoms with Crippen LogP contribution in [0.2, 0.25) is 0 Å². The number of carbonyl (C=O) groups excluding carboxylic acids is 1. The summed E-state index contributed by atoms with van der Waals surface area (Å²) in [7, 11) is 0. The van der Waals surface area contributed by atoms with E-state index in [4.69, 9.17) is 4.98 Å². The van der Waals surface area contributed by atoms with Gasteiger partial charge in [-0.05, 0) is 56.4 Å². The summed E-state index contributed by atoms with van der Waals surface area (Å²) in [6.07, 6.45) is 6.13. The van der Waals surface area contributed by atoms with Crippen molar-refractivity contribution < 1.29 is 9.18 Å². The number of aromatic nitrogens is 7. The molecule has 41 heavy (non-hydrogen) atoms. The Morgan fingerprint density at radius 3 is 2.66 bits per heavy atom. The maximum Gasteiger partial charge on any atom is 0.355 e. The van der Waals surface area contributed by atoms with Crippen LogP contribution in [-0.4, -0.2) is 70.5 Å². The highest BCUT2D eigenvalue weighted by Crippen LogP contribution is 2.33. The maximum atomic E-state index is 15.8. The Labute approximate surface area is 236 Å². The molecule has 2 aliphatic heterocycles. The number of piperazine rings is 1. The number of halogens is 1. The lowest BCUT2D eigenvalue weighted by molar-refractivity contribution is -0.130. The zero-order chi connectivity index (χ0) is 29.0. The molecular weight excluding hydrogens is 525 g/mol. The lowest BCUT2D eigenvalue weighted by Crippen LogP contribution is -2.58. The number of rotatable bonds is 3. The fraction of sp³-hybridized carbons (Fsp3) is 0.414. The van der Waals surface area contributed by atoms with Crippen molar-refractivity contribution in [1.29, 1.82) is 0 Å². The first-order valence-electron chi connectivity index (χ1n) is 13.9. The molecule has 212 valence electrons. The van der Waals surface area contributed by atoms with Gasteiger partial charge in [-0.3, -0.25) is 14.5 Å². The molecule has 0 radical (unpaired) electrons. The third kappa shape index (κ3) is 4.47. The summed E-state index contributed by atoms with van der Waals surface area (Å²) in [5.41, 5.74) is 2.34. The smallest absolute Gasteiger partial charge is 0.352 e. The average Bonchev–Trinajstić information content (AvgIpc) is 3.40. The molecule has 4 aromatic heterocycles. The number of hydrogen-bond donors (Lipinski definition) is 0. The molecule has 0 aliphatic carbocycles. The largest absolute Gasteiger partial charge is 0.355 e. The summed E-state index contributed by atoms with van der Waals surface area (Å²) in [4.78, 5) is 44.2. The molecule has 6 heterocycles. The first kappa shape index (κ1) is 26.7. The van der Waals surface area contributed by atoms with Crippen LogP contribution in [0.25, 0.3) is 28.1 Å². The van der Waals surface area contributed by atoms with Gasteiger partial charge in [0.2, 0.25) is 5.91 Å². The number of aryl methyl sites for hydroxylation is 2. The van der Waals surface area contributed by atoms with Gasteiger partial charge in [-0.1, -0.05) is 25.6 Å². The minimum atomic E-state index is -0.591. The van der Waals surface area contributed by atoms with Crippen LogP contribution >= 0.6 is 0 Å². The average molecular weight is 558 g/mol. The van der Waals surface area contributed by atoms with E-state index < -0.39 is 11.5 Å². The molecule has 11 nitrogen and oxygen atoms in total. The van der Waals surface area contributed by atoms with Crippen LogP contribution in [0.15, 0.2) is 42.0 Å². The number of carbonyl (C=O) groups is 1. The Hall–Kier alpha value is -4.48. The highest BCUT2D eigenvalue weighted by molar-refractivity contribution is 5.91. The number of pyridine rings is 2. The van der Waals surface area contributed by atoms with Crippen molar-refractivity contribution in [3.63, 3.8) is 0 Å². The molecule has 1 fully saturated rings. The molecule has 2 aliphatic rings. The third-order valence-corrected chi connectivity index (χ3v) is 7.87. The van der Waals surface area contributed by atoms with Crippen LogP contribution in [0.1, 0.15) is 51.3 Å². The van der Waals surface area contributed by atoms with E-state index >= 15 is 4.39 Å². The van der Waals surface area contributed by atoms with Gasteiger partial charge in [-0.25, -0.2) is 18.7 Å². The Kier molecular flexibility index (Phi) is 6.63. The standard InChI is InChI=1S/C29H32FN9O2/c1-6-23(40)38-17(4)13-36(14-18(38)5)27-20-12-21(30)25-22-15-37(35-34-22)11-7-8-19-9-10-31-24(16(2)3)26(19)39(28(20)32-25)29(41)33-27/h6,9-10,12,15-18H,1,7-8,11,13-14H2,2-5H3. The highest BCUT2D eigenvalue weighted by Gasteiger charge is 2.34. The maximum absolute atomic E-state index is 15.8. The van der Waals surface area contributed by atoms with Crippen molar-refractivity contribution in [3.05, 3.63) is 64.7 Å². The second-order valence-electron chi connectivity index (χ2n) is 11.1. The molecule has 1 saturated heterocycles. The first-order chi connectivity index (χ1) is 19.7. The molecular formula is C29H32FN9O2. The lowest BCUT2D eigenvalue weighted by atomic mass is 10.0. The van der Waals surface area contributed by atoms with Gasteiger partial charge in [0.15, 0.2) is 11.5 Å². The zero-order valence-corrected chi connectivity index (χ0v) is 23.6. The van der Waals surface area contributed by atoms with E-state index in [2.05, 4.69) is 26.9 Å². The van der Waals surface area contributed by atoms with Crippen molar-refractivity contribution in [2.45, 2.75) is 65.1 Å². The van der Waals surface area contributed by atoms with E-state index in [-0.39, 0.29) is 40.9 Å². The number of fused-ring (bicyclic) bond motifs is 6. The molecule has 2 unspecified atom stereocenters.